The van der Waals surface area contributed by atoms with Gasteiger partial charge in [-0.1, -0.05) is 61.5 Å². The zero-order valence-corrected chi connectivity index (χ0v) is 16.0. The highest BCUT2D eigenvalue weighted by Crippen LogP contribution is 2.31. The van der Waals surface area contributed by atoms with Gasteiger partial charge in [0.05, 0.1) is 17.0 Å². The van der Waals surface area contributed by atoms with E-state index < -0.39 is 0 Å². The van der Waals surface area contributed by atoms with E-state index in [0.29, 0.717) is 16.4 Å². The Labute approximate surface area is 162 Å². The largest absolute Gasteiger partial charge is 0.282 e. The second-order valence-electron chi connectivity index (χ2n) is 6.34. The minimum absolute atomic E-state index is 0.138. The van der Waals surface area contributed by atoms with Crippen molar-refractivity contribution in [2.45, 2.75) is 20.3 Å². The van der Waals surface area contributed by atoms with Gasteiger partial charge in [0.15, 0.2) is 0 Å². The highest BCUT2D eigenvalue weighted by molar-refractivity contribution is 7.14. The topological polar surface area (TPSA) is 45.6 Å². The fraction of sp³-hybridized carbons (Fsp3) is 0.136. The number of hydrazone groups is 1. The molecule has 3 aromatic rings. The van der Waals surface area contributed by atoms with Crippen LogP contribution in [-0.4, -0.2) is 16.6 Å². The lowest BCUT2D eigenvalue weighted by atomic mass is 10.1. The van der Waals surface area contributed by atoms with Gasteiger partial charge in [-0.05, 0) is 30.5 Å². The van der Waals surface area contributed by atoms with E-state index in [-0.39, 0.29) is 5.91 Å². The lowest BCUT2D eigenvalue weighted by molar-refractivity contribution is -0.114. The van der Waals surface area contributed by atoms with Crippen molar-refractivity contribution in [2.24, 2.45) is 5.10 Å². The number of thiazole rings is 1. The highest BCUT2D eigenvalue weighted by Gasteiger charge is 2.30. The van der Waals surface area contributed by atoms with Gasteiger partial charge in [0, 0.05) is 10.9 Å². The summed E-state index contributed by atoms with van der Waals surface area (Å²) in [7, 11) is 0. The summed E-state index contributed by atoms with van der Waals surface area (Å²) in [5.74, 6) is -0.138. The van der Waals surface area contributed by atoms with Crippen molar-refractivity contribution in [3.63, 3.8) is 0 Å². The summed E-state index contributed by atoms with van der Waals surface area (Å²) in [6.45, 7) is 3.98. The first-order valence-corrected chi connectivity index (χ1v) is 9.75. The highest BCUT2D eigenvalue weighted by atomic mass is 32.1. The molecule has 0 atom stereocenters. The number of hydrogen-bond acceptors (Lipinski definition) is 4. The van der Waals surface area contributed by atoms with E-state index in [2.05, 4.69) is 29.1 Å². The molecule has 0 N–H and O–H groups in total. The van der Waals surface area contributed by atoms with E-state index in [0.717, 1.165) is 23.2 Å². The number of hydrogen-bond donors (Lipinski definition) is 0. The summed E-state index contributed by atoms with van der Waals surface area (Å²) < 4.78 is 0. The Morgan fingerprint density at radius 1 is 1.07 bits per heavy atom. The van der Waals surface area contributed by atoms with Gasteiger partial charge in [0.25, 0.3) is 5.91 Å². The minimum atomic E-state index is -0.138. The zero-order chi connectivity index (χ0) is 18.8. The molecular formula is C22H19N3OS. The number of carbonyl (C=O) groups is 1. The van der Waals surface area contributed by atoms with Crippen LogP contribution in [-0.2, 0) is 11.2 Å². The fourth-order valence-electron chi connectivity index (χ4n) is 2.93. The Hall–Kier alpha value is -3.05. The van der Waals surface area contributed by atoms with Crippen LogP contribution in [0.15, 0.2) is 70.7 Å². The van der Waals surface area contributed by atoms with Crippen LogP contribution in [0.2, 0.25) is 0 Å². The number of rotatable bonds is 4. The SMILES string of the molecule is CCc1ccc(C=C2C(=O)N(c3nc(-c4ccccc4)cs3)N=C2C)cc1. The third-order valence-corrected chi connectivity index (χ3v) is 5.32. The van der Waals surface area contributed by atoms with Gasteiger partial charge in [0.2, 0.25) is 5.13 Å². The first-order chi connectivity index (χ1) is 13.2. The number of aromatic nitrogens is 1. The average molecular weight is 373 g/mol. The second-order valence-corrected chi connectivity index (χ2v) is 7.17. The molecule has 0 fully saturated rings. The summed E-state index contributed by atoms with van der Waals surface area (Å²) in [6, 6.07) is 18.2. The molecule has 1 aromatic heterocycles. The molecule has 1 amide bonds. The van der Waals surface area contributed by atoms with Crippen molar-refractivity contribution in [3.8, 4) is 11.3 Å². The molecule has 2 heterocycles. The fourth-order valence-corrected chi connectivity index (χ4v) is 3.71. The van der Waals surface area contributed by atoms with Crippen LogP contribution in [0.25, 0.3) is 17.3 Å². The van der Waals surface area contributed by atoms with Gasteiger partial charge in [-0.25, -0.2) is 4.98 Å². The summed E-state index contributed by atoms with van der Waals surface area (Å²) in [5.41, 5.74) is 5.46. The van der Waals surface area contributed by atoms with Crippen LogP contribution in [0.3, 0.4) is 0 Å². The standard InChI is InChI=1S/C22H19N3OS/c1-3-16-9-11-17(12-10-16)13-19-15(2)24-25(21(19)26)22-23-20(14-27-22)18-7-5-4-6-8-18/h4-14H,3H2,1-2H3. The molecule has 0 unspecified atom stereocenters. The average Bonchev–Trinajstić information content (AvgIpc) is 3.30. The normalized spacial score (nSPS) is 15.5. The Morgan fingerprint density at radius 2 is 1.81 bits per heavy atom. The molecule has 0 bridgehead atoms. The summed E-state index contributed by atoms with van der Waals surface area (Å²) in [6.07, 6.45) is 2.89. The van der Waals surface area contributed by atoms with Gasteiger partial charge >= 0.3 is 0 Å². The molecule has 1 aliphatic rings. The number of aryl methyl sites for hydroxylation is 1. The van der Waals surface area contributed by atoms with Crippen LogP contribution in [0.5, 0.6) is 0 Å². The lowest BCUT2D eigenvalue weighted by Crippen LogP contribution is -2.21. The van der Waals surface area contributed by atoms with E-state index in [1.54, 1.807) is 0 Å². The van der Waals surface area contributed by atoms with E-state index >= 15 is 0 Å². The van der Waals surface area contributed by atoms with Crippen molar-refractivity contribution < 1.29 is 4.79 Å². The van der Waals surface area contributed by atoms with Gasteiger partial charge in [0.1, 0.15) is 0 Å². The molecule has 4 nitrogen and oxygen atoms in total. The number of amides is 1. The molecule has 1 aliphatic heterocycles. The van der Waals surface area contributed by atoms with Crippen LogP contribution >= 0.6 is 11.3 Å². The maximum absolute atomic E-state index is 12.9. The summed E-state index contributed by atoms with van der Waals surface area (Å²) in [5, 5.41) is 8.38. The number of nitrogens with zero attached hydrogens (tertiary/aromatic N) is 3. The molecule has 5 heteroatoms. The number of anilines is 1. The number of carbonyl (C=O) groups excluding carboxylic acids is 1. The predicted octanol–water partition coefficient (Wildman–Crippen LogP) is 5.18. The van der Waals surface area contributed by atoms with Crippen molar-refractivity contribution in [3.05, 3.63) is 76.7 Å². The second kappa shape index (κ2) is 7.29. The molecule has 27 heavy (non-hydrogen) atoms. The van der Waals surface area contributed by atoms with Gasteiger partial charge in [-0.3, -0.25) is 4.79 Å². The van der Waals surface area contributed by atoms with Crippen molar-refractivity contribution in [1.29, 1.82) is 0 Å². The Morgan fingerprint density at radius 3 is 2.52 bits per heavy atom. The smallest absolute Gasteiger partial charge is 0.267 e. The van der Waals surface area contributed by atoms with E-state index in [4.69, 9.17) is 0 Å². The minimum Gasteiger partial charge on any atom is -0.267 e. The molecule has 0 saturated heterocycles. The Balaban J connectivity index is 1.60. The maximum atomic E-state index is 12.9. The third-order valence-electron chi connectivity index (χ3n) is 4.50. The van der Waals surface area contributed by atoms with Gasteiger partial charge in [-0.15, -0.1) is 11.3 Å². The van der Waals surface area contributed by atoms with Crippen LogP contribution in [0.4, 0.5) is 5.13 Å². The van der Waals surface area contributed by atoms with Crippen molar-refractivity contribution in [2.75, 3.05) is 5.01 Å². The van der Waals surface area contributed by atoms with Crippen LogP contribution < -0.4 is 5.01 Å². The molecule has 0 radical (unpaired) electrons. The van der Waals surface area contributed by atoms with Crippen molar-refractivity contribution >= 4 is 34.2 Å². The first-order valence-electron chi connectivity index (χ1n) is 8.87. The summed E-state index contributed by atoms with van der Waals surface area (Å²) >= 11 is 1.42. The van der Waals surface area contributed by atoms with Gasteiger partial charge < -0.3 is 0 Å². The molecule has 2 aromatic carbocycles. The van der Waals surface area contributed by atoms with Crippen molar-refractivity contribution in [1.82, 2.24) is 4.98 Å². The molecule has 134 valence electrons. The van der Waals surface area contributed by atoms with Gasteiger partial charge in [-0.2, -0.15) is 10.1 Å². The Bertz CT molecular complexity index is 1030. The van der Waals surface area contributed by atoms with Crippen LogP contribution in [0, 0.1) is 0 Å². The number of benzene rings is 2. The lowest BCUT2D eigenvalue weighted by Gasteiger charge is -2.07. The summed E-state index contributed by atoms with van der Waals surface area (Å²) in [4.78, 5) is 17.5. The van der Waals surface area contributed by atoms with E-state index in [1.807, 2.05) is 60.8 Å². The van der Waals surface area contributed by atoms with E-state index in [9.17, 15) is 4.79 Å². The zero-order valence-electron chi connectivity index (χ0n) is 15.2. The van der Waals surface area contributed by atoms with Crippen LogP contribution in [0.1, 0.15) is 25.0 Å². The molecule has 0 aliphatic carbocycles. The third kappa shape index (κ3) is 3.46. The molecule has 0 spiro atoms. The Kier molecular flexibility index (Phi) is 4.69. The molecule has 0 saturated carbocycles. The molecule has 4 rings (SSSR count). The first kappa shape index (κ1) is 17.4. The monoisotopic (exact) mass is 373 g/mol. The maximum Gasteiger partial charge on any atom is 0.282 e. The predicted molar refractivity (Wildman–Crippen MR) is 112 cm³/mol. The van der Waals surface area contributed by atoms with E-state index in [1.165, 1.54) is 21.9 Å². The molecular weight excluding hydrogens is 354 g/mol. The quantitative estimate of drug-likeness (QED) is 0.592.